The third-order valence-corrected chi connectivity index (χ3v) is 3.70. The molecule has 0 bridgehead atoms. The van der Waals surface area contributed by atoms with E-state index in [2.05, 4.69) is 64.9 Å². The smallest absolute Gasteiger partial charge is 0.128 e. The van der Waals surface area contributed by atoms with Crippen molar-refractivity contribution in [3.63, 3.8) is 0 Å². The summed E-state index contributed by atoms with van der Waals surface area (Å²) in [5, 5.41) is 3.42. The highest BCUT2D eigenvalue weighted by atomic mass is 15.0. The summed E-state index contributed by atoms with van der Waals surface area (Å²) in [5.74, 6) is 1.07. The van der Waals surface area contributed by atoms with Gasteiger partial charge in [0.2, 0.25) is 0 Å². The molecule has 0 saturated heterocycles. The van der Waals surface area contributed by atoms with Gasteiger partial charge in [-0.2, -0.15) is 0 Å². The molecular formula is C18H20N2. The van der Waals surface area contributed by atoms with Gasteiger partial charge < -0.3 is 5.32 Å². The number of rotatable bonds is 4. The van der Waals surface area contributed by atoms with Crippen molar-refractivity contribution in [2.75, 3.05) is 13.1 Å². The van der Waals surface area contributed by atoms with Gasteiger partial charge in [-0.3, -0.25) is 4.99 Å². The first kappa shape index (κ1) is 12.9. The van der Waals surface area contributed by atoms with Crippen LogP contribution >= 0.6 is 0 Å². The second-order valence-electron chi connectivity index (χ2n) is 5.15. The molecule has 0 amide bonds. The van der Waals surface area contributed by atoms with E-state index in [1.807, 2.05) is 0 Å². The third-order valence-electron chi connectivity index (χ3n) is 3.70. The molecule has 1 heterocycles. The molecule has 0 saturated carbocycles. The molecular weight excluding hydrogens is 244 g/mol. The summed E-state index contributed by atoms with van der Waals surface area (Å²) in [4.78, 5) is 4.62. The molecule has 0 atom stereocenters. The maximum Gasteiger partial charge on any atom is 0.128 e. The number of nitrogens with one attached hydrogen (secondary N) is 1. The Morgan fingerprint density at radius 3 is 2.50 bits per heavy atom. The normalized spacial score (nSPS) is 14.5. The molecule has 20 heavy (non-hydrogen) atoms. The third kappa shape index (κ3) is 3.08. The monoisotopic (exact) mass is 264 g/mol. The van der Waals surface area contributed by atoms with E-state index in [0.717, 1.165) is 38.2 Å². The Hall–Kier alpha value is -2.09. The highest BCUT2D eigenvalue weighted by Crippen LogP contribution is 2.14. The lowest BCUT2D eigenvalue weighted by atomic mass is 9.99. The molecule has 0 spiro atoms. The average molecular weight is 264 g/mol. The molecule has 2 aromatic carbocycles. The molecule has 0 radical (unpaired) electrons. The summed E-state index contributed by atoms with van der Waals surface area (Å²) in [6, 6.07) is 19.3. The van der Waals surface area contributed by atoms with Gasteiger partial charge in [-0.1, -0.05) is 54.6 Å². The minimum absolute atomic E-state index is 0.940. The van der Waals surface area contributed by atoms with E-state index in [1.165, 1.54) is 16.7 Å². The summed E-state index contributed by atoms with van der Waals surface area (Å²) < 4.78 is 0. The van der Waals surface area contributed by atoms with Gasteiger partial charge in [0.15, 0.2) is 0 Å². The van der Waals surface area contributed by atoms with Crippen LogP contribution in [0.4, 0.5) is 0 Å². The lowest BCUT2D eigenvalue weighted by Gasteiger charge is -2.17. The molecule has 0 unspecified atom stereocenters. The van der Waals surface area contributed by atoms with E-state index in [9.17, 15) is 0 Å². The largest absolute Gasteiger partial charge is 0.370 e. The van der Waals surface area contributed by atoms with Crippen molar-refractivity contribution in [1.82, 2.24) is 5.32 Å². The van der Waals surface area contributed by atoms with Gasteiger partial charge in [-0.15, -0.1) is 0 Å². The number of nitrogens with zero attached hydrogens (tertiary/aromatic N) is 1. The molecule has 3 rings (SSSR count). The maximum atomic E-state index is 4.62. The molecule has 2 nitrogen and oxygen atoms in total. The van der Waals surface area contributed by atoms with Crippen LogP contribution in [0.2, 0.25) is 0 Å². The van der Waals surface area contributed by atoms with Gasteiger partial charge in [-0.05, 0) is 30.4 Å². The number of hydrogen-bond donors (Lipinski definition) is 1. The minimum Gasteiger partial charge on any atom is -0.370 e. The van der Waals surface area contributed by atoms with Crippen molar-refractivity contribution >= 4 is 5.84 Å². The molecule has 1 aliphatic rings. The van der Waals surface area contributed by atoms with E-state index >= 15 is 0 Å². The zero-order chi connectivity index (χ0) is 13.6. The Kier molecular flexibility index (Phi) is 4.12. The SMILES string of the molecule is c1ccc(CCc2ccccc2C2=NCCCN2)cc1. The maximum absolute atomic E-state index is 4.62. The van der Waals surface area contributed by atoms with Crippen LogP contribution in [0.5, 0.6) is 0 Å². The fourth-order valence-corrected chi connectivity index (χ4v) is 2.61. The lowest BCUT2D eigenvalue weighted by Crippen LogP contribution is -2.31. The average Bonchev–Trinajstić information content (AvgIpc) is 2.55. The zero-order valence-electron chi connectivity index (χ0n) is 11.7. The number of aliphatic imine (C=N–C) groups is 1. The summed E-state index contributed by atoms with van der Waals surface area (Å²) in [7, 11) is 0. The second kappa shape index (κ2) is 6.38. The fourth-order valence-electron chi connectivity index (χ4n) is 2.61. The van der Waals surface area contributed by atoms with E-state index in [4.69, 9.17) is 0 Å². The van der Waals surface area contributed by atoms with Gasteiger partial charge in [-0.25, -0.2) is 0 Å². The molecule has 0 fully saturated rings. The summed E-state index contributed by atoms with van der Waals surface area (Å²) in [6.07, 6.45) is 3.27. The van der Waals surface area contributed by atoms with Gasteiger partial charge in [0.1, 0.15) is 5.84 Å². The standard InChI is InChI=1S/C18H20N2/c1-2-7-15(8-3-1)11-12-16-9-4-5-10-17(16)18-19-13-6-14-20-18/h1-5,7-10H,6,11-14H2,(H,19,20). The predicted octanol–water partition coefficient (Wildman–Crippen LogP) is 3.21. The lowest BCUT2D eigenvalue weighted by molar-refractivity contribution is 0.741. The van der Waals surface area contributed by atoms with Crippen molar-refractivity contribution in [3.05, 3.63) is 71.3 Å². The topological polar surface area (TPSA) is 24.4 Å². The van der Waals surface area contributed by atoms with Crippen molar-refractivity contribution in [2.45, 2.75) is 19.3 Å². The first-order valence-corrected chi connectivity index (χ1v) is 7.34. The molecule has 0 aliphatic carbocycles. The number of benzene rings is 2. The summed E-state index contributed by atoms with van der Waals surface area (Å²) in [5.41, 5.74) is 4.04. The molecule has 2 aromatic rings. The summed E-state index contributed by atoms with van der Waals surface area (Å²) >= 11 is 0. The van der Waals surface area contributed by atoms with E-state index in [1.54, 1.807) is 0 Å². The van der Waals surface area contributed by atoms with Crippen molar-refractivity contribution in [1.29, 1.82) is 0 Å². The van der Waals surface area contributed by atoms with Crippen LogP contribution in [0.15, 0.2) is 59.6 Å². The Morgan fingerprint density at radius 2 is 1.70 bits per heavy atom. The highest BCUT2D eigenvalue weighted by Gasteiger charge is 2.10. The quantitative estimate of drug-likeness (QED) is 0.901. The van der Waals surface area contributed by atoms with Crippen LogP contribution in [0.1, 0.15) is 23.1 Å². The van der Waals surface area contributed by atoms with E-state index < -0.39 is 0 Å². The first-order chi connectivity index (χ1) is 9.93. The zero-order valence-corrected chi connectivity index (χ0v) is 11.7. The van der Waals surface area contributed by atoms with Gasteiger partial charge in [0.05, 0.1) is 0 Å². The Labute approximate surface area is 120 Å². The predicted molar refractivity (Wildman–Crippen MR) is 84.3 cm³/mol. The molecule has 1 aliphatic heterocycles. The fraction of sp³-hybridized carbons (Fsp3) is 0.278. The molecule has 102 valence electrons. The summed E-state index contributed by atoms with van der Waals surface area (Å²) in [6.45, 7) is 1.97. The van der Waals surface area contributed by atoms with Crippen molar-refractivity contribution in [2.24, 2.45) is 4.99 Å². The van der Waals surface area contributed by atoms with Gasteiger partial charge in [0.25, 0.3) is 0 Å². The minimum atomic E-state index is 0.940. The molecule has 1 N–H and O–H groups in total. The number of aryl methyl sites for hydroxylation is 2. The number of hydrogen-bond acceptors (Lipinski definition) is 2. The van der Waals surface area contributed by atoms with E-state index in [-0.39, 0.29) is 0 Å². The van der Waals surface area contributed by atoms with Crippen molar-refractivity contribution < 1.29 is 0 Å². The van der Waals surface area contributed by atoms with Gasteiger partial charge >= 0.3 is 0 Å². The van der Waals surface area contributed by atoms with Crippen LogP contribution in [0.3, 0.4) is 0 Å². The number of amidine groups is 1. The van der Waals surface area contributed by atoms with Crippen LogP contribution in [-0.2, 0) is 12.8 Å². The van der Waals surface area contributed by atoms with Crippen LogP contribution in [0, 0.1) is 0 Å². The Balaban J connectivity index is 1.78. The Morgan fingerprint density at radius 1 is 0.900 bits per heavy atom. The van der Waals surface area contributed by atoms with E-state index in [0.29, 0.717) is 0 Å². The molecule has 0 aromatic heterocycles. The van der Waals surface area contributed by atoms with Crippen LogP contribution in [-0.4, -0.2) is 18.9 Å². The molecule has 2 heteroatoms. The van der Waals surface area contributed by atoms with Crippen molar-refractivity contribution in [3.8, 4) is 0 Å². The van der Waals surface area contributed by atoms with Gasteiger partial charge in [0, 0.05) is 18.7 Å². The Bertz CT molecular complexity index is 587. The second-order valence-corrected chi connectivity index (χ2v) is 5.15. The van der Waals surface area contributed by atoms with Crippen LogP contribution in [0.25, 0.3) is 0 Å². The highest BCUT2D eigenvalue weighted by molar-refractivity contribution is 6.00. The van der Waals surface area contributed by atoms with Crippen LogP contribution < -0.4 is 5.32 Å². The first-order valence-electron chi connectivity index (χ1n) is 7.34.